The Hall–Kier alpha value is -2.39. The number of nitriles is 1. The van der Waals surface area contributed by atoms with Crippen LogP contribution in [0.1, 0.15) is 15.9 Å². The summed E-state index contributed by atoms with van der Waals surface area (Å²) in [5.41, 5.74) is 0.227. The Morgan fingerprint density at radius 2 is 2.16 bits per heavy atom. The predicted molar refractivity (Wildman–Crippen MR) is 70.1 cm³/mol. The molecule has 0 saturated heterocycles. The molecule has 0 aliphatic carbocycles. The van der Waals surface area contributed by atoms with Crippen LogP contribution in [0.5, 0.6) is 11.6 Å². The number of aromatic carboxylic acids is 1. The first-order valence-corrected chi connectivity index (χ1v) is 5.97. The van der Waals surface area contributed by atoms with Gasteiger partial charge >= 0.3 is 5.97 Å². The van der Waals surface area contributed by atoms with Gasteiger partial charge < -0.3 is 9.84 Å². The Bertz CT molecular complexity index is 680. The van der Waals surface area contributed by atoms with Crippen molar-refractivity contribution < 1.29 is 14.6 Å². The molecule has 6 heteroatoms. The number of carboxylic acids is 1. The van der Waals surface area contributed by atoms with Gasteiger partial charge in [0, 0.05) is 10.7 Å². The predicted octanol–water partition coefficient (Wildman–Crippen LogP) is 3.21. The number of nitrogens with zero attached hydrogens (tertiary/aromatic N) is 2. The van der Waals surface area contributed by atoms with Crippen molar-refractivity contribution in [1.29, 1.82) is 5.26 Å². The number of aromatic nitrogens is 1. The minimum Gasteiger partial charge on any atom is -0.477 e. The van der Waals surface area contributed by atoms with E-state index >= 15 is 0 Å². The summed E-state index contributed by atoms with van der Waals surface area (Å²) in [4.78, 5) is 15.0. The molecule has 0 atom stereocenters. The maximum absolute atomic E-state index is 11.1. The third-order valence-electron chi connectivity index (χ3n) is 2.26. The quantitative estimate of drug-likeness (QED) is 0.939. The minimum atomic E-state index is -1.15. The van der Waals surface area contributed by atoms with Crippen molar-refractivity contribution in [3.63, 3.8) is 0 Å². The second-order valence-corrected chi connectivity index (χ2v) is 4.44. The molecule has 0 bridgehead atoms. The summed E-state index contributed by atoms with van der Waals surface area (Å²) in [5, 5.41) is 18.0. The molecule has 2 rings (SSSR count). The fourth-order valence-corrected chi connectivity index (χ4v) is 1.74. The number of halogens is 1. The Balaban J connectivity index is 2.44. The fraction of sp³-hybridized carbons (Fsp3) is 0. The summed E-state index contributed by atoms with van der Waals surface area (Å²) in [6.07, 6.45) is 1.43. The monoisotopic (exact) mass is 318 g/mol. The zero-order valence-electron chi connectivity index (χ0n) is 9.50. The minimum absolute atomic E-state index is 0.0570. The van der Waals surface area contributed by atoms with Gasteiger partial charge in [-0.2, -0.15) is 5.26 Å². The molecule has 1 aromatic heterocycles. The van der Waals surface area contributed by atoms with Gasteiger partial charge in [-0.05, 0) is 34.1 Å². The number of benzene rings is 1. The average molecular weight is 319 g/mol. The molecule has 0 unspecified atom stereocenters. The molecule has 1 heterocycles. The van der Waals surface area contributed by atoms with E-state index in [4.69, 9.17) is 15.1 Å². The lowest BCUT2D eigenvalue weighted by atomic mass is 10.2. The number of hydrogen-bond acceptors (Lipinski definition) is 4. The molecule has 0 spiro atoms. The molecule has 0 amide bonds. The topological polar surface area (TPSA) is 83.2 Å². The van der Waals surface area contributed by atoms with E-state index in [9.17, 15) is 4.79 Å². The summed E-state index contributed by atoms with van der Waals surface area (Å²) >= 11 is 3.14. The van der Waals surface area contributed by atoms with Gasteiger partial charge in [0.2, 0.25) is 5.88 Å². The maximum atomic E-state index is 11.1. The Kier molecular flexibility index (Phi) is 3.78. The van der Waals surface area contributed by atoms with Crippen LogP contribution in [0.25, 0.3) is 0 Å². The molecular weight excluding hydrogens is 312 g/mol. The van der Waals surface area contributed by atoms with E-state index in [1.165, 1.54) is 12.3 Å². The van der Waals surface area contributed by atoms with Gasteiger partial charge in [-0.3, -0.25) is 0 Å². The summed E-state index contributed by atoms with van der Waals surface area (Å²) in [6, 6.07) is 9.89. The van der Waals surface area contributed by atoms with Crippen LogP contribution in [-0.4, -0.2) is 16.1 Å². The van der Waals surface area contributed by atoms with Gasteiger partial charge in [-0.25, -0.2) is 9.78 Å². The first kappa shape index (κ1) is 13.1. The number of rotatable bonds is 3. The van der Waals surface area contributed by atoms with Gasteiger partial charge in [0.25, 0.3) is 0 Å². The fourth-order valence-electron chi connectivity index (χ4n) is 1.41. The first-order valence-electron chi connectivity index (χ1n) is 5.17. The highest BCUT2D eigenvalue weighted by molar-refractivity contribution is 9.10. The van der Waals surface area contributed by atoms with E-state index in [2.05, 4.69) is 20.9 Å². The summed E-state index contributed by atoms with van der Waals surface area (Å²) in [6.45, 7) is 0. The highest BCUT2D eigenvalue weighted by atomic mass is 79.9. The number of carboxylic acid groups (broad SMARTS) is 1. The van der Waals surface area contributed by atoms with Gasteiger partial charge in [0.1, 0.15) is 17.4 Å². The lowest BCUT2D eigenvalue weighted by molar-refractivity contribution is 0.0693. The standard InChI is InChI=1S/C13H7BrN2O3/c14-9-5-10(13(17)18)12(16-7-9)19-11-4-2-1-3-8(11)6-15/h1-5,7H,(H,17,18). The van der Waals surface area contributed by atoms with Crippen LogP contribution in [-0.2, 0) is 0 Å². The Morgan fingerprint density at radius 1 is 1.42 bits per heavy atom. The molecule has 0 fully saturated rings. The molecule has 0 saturated carbocycles. The molecule has 0 aliphatic rings. The number of ether oxygens (including phenoxy) is 1. The molecular formula is C13H7BrN2O3. The van der Waals surface area contributed by atoms with E-state index in [1.54, 1.807) is 24.3 Å². The molecule has 5 nitrogen and oxygen atoms in total. The van der Waals surface area contributed by atoms with E-state index in [0.717, 1.165) is 0 Å². The highest BCUT2D eigenvalue weighted by Gasteiger charge is 2.15. The summed E-state index contributed by atoms with van der Waals surface area (Å²) in [7, 11) is 0. The van der Waals surface area contributed by atoms with E-state index < -0.39 is 5.97 Å². The third-order valence-corrected chi connectivity index (χ3v) is 2.70. The van der Waals surface area contributed by atoms with Crippen molar-refractivity contribution in [3.8, 4) is 17.7 Å². The van der Waals surface area contributed by atoms with Crippen molar-refractivity contribution in [2.75, 3.05) is 0 Å². The molecule has 0 radical (unpaired) electrons. The van der Waals surface area contributed by atoms with Crippen molar-refractivity contribution in [2.45, 2.75) is 0 Å². The smallest absolute Gasteiger partial charge is 0.341 e. The van der Waals surface area contributed by atoms with Crippen LogP contribution >= 0.6 is 15.9 Å². The first-order chi connectivity index (χ1) is 9.11. The highest BCUT2D eigenvalue weighted by Crippen LogP contribution is 2.27. The maximum Gasteiger partial charge on any atom is 0.341 e. The van der Waals surface area contributed by atoms with E-state index in [0.29, 0.717) is 10.0 Å². The Morgan fingerprint density at radius 3 is 2.84 bits per heavy atom. The van der Waals surface area contributed by atoms with Crippen LogP contribution < -0.4 is 4.74 Å². The van der Waals surface area contributed by atoms with Crippen molar-refractivity contribution in [1.82, 2.24) is 4.98 Å². The largest absolute Gasteiger partial charge is 0.477 e. The van der Waals surface area contributed by atoms with Crippen LogP contribution in [0, 0.1) is 11.3 Å². The number of hydrogen-bond donors (Lipinski definition) is 1. The molecule has 0 aliphatic heterocycles. The lowest BCUT2D eigenvalue weighted by Crippen LogP contribution is -2.02. The molecule has 1 N–H and O–H groups in total. The number of carbonyl (C=O) groups is 1. The van der Waals surface area contributed by atoms with Crippen LogP contribution in [0.3, 0.4) is 0 Å². The third kappa shape index (κ3) is 2.89. The van der Waals surface area contributed by atoms with Gasteiger partial charge in [-0.1, -0.05) is 12.1 Å². The van der Waals surface area contributed by atoms with E-state index in [-0.39, 0.29) is 17.2 Å². The lowest BCUT2D eigenvalue weighted by Gasteiger charge is -2.08. The summed E-state index contributed by atoms with van der Waals surface area (Å²) < 4.78 is 5.95. The zero-order valence-corrected chi connectivity index (χ0v) is 11.1. The number of para-hydroxylation sites is 1. The van der Waals surface area contributed by atoms with Gasteiger partial charge in [0.05, 0.1) is 5.56 Å². The van der Waals surface area contributed by atoms with Crippen molar-refractivity contribution >= 4 is 21.9 Å². The molecule has 2 aromatic rings. The number of pyridine rings is 1. The molecule has 94 valence electrons. The normalized spacial score (nSPS) is 9.68. The van der Waals surface area contributed by atoms with E-state index in [1.807, 2.05) is 6.07 Å². The van der Waals surface area contributed by atoms with Gasteiger partial charge in [0.15, 0.2) is 0 Å². The zero-order chi connectivity index (χ0) is 13.8. The van der Waals surface area contributed by atoms with Crippen molar-refractivity contribution in [3.05, 3.63) is 52.1 Å². The van der Waals surface area contributed by atoms with Crippen LogP contribution in [0.4, 0.5) is 0 Å². The van der Waals surface area contributed by atoms with Crippen LogP contribution in [0.2, 0.25) is 0 Å². The SMILES string of the molecule is N#Cc1ccccc1Oc1ncc(Br)cc1C(=O)O. The molecule has 19 heavy (non-hydrogen) atoms. The second-order valence-electron chi connectivity index (χ2n) is 3.52. The van der Waals surface area contributed by atoms with Crippen LogP contribution in [0.15, 0.2) is 41.0 Å². The van der Waals surface area contributed by atoms with Gasteiger partial charge in [-0.15, -0.1) is 0 Å². The molecule has 1 aromatic carbocycles. The summed E-state index contributed by atoms with van der Waals surface area (Å²) in [5.74, 6) is -0.945. The Labute approximate surface area is 117 Å². The average Bonchev–Trinajstić information content (AvgIpc) is 2.41. The van der Waals surface area contributed by atoms with Crippen molar-refractivity contribution in [2.24, 2.45) is 0 Å². The second kappa shape index (κ2) is 5.50.